The van der Waals surface area contributed by atoms with Gasteiger partial charge in [-0.05, 0) is 30.7 Å². The van der Waals surface area contributed by atoms with Crippen molar-refractivity contribution in [3.63, 3.8) is 0 Å². The van der Waals surface area contributed by atoms with Crippen LogP contribution in [0.15, 0.2) is 35.7 Å². The zero-order valence-electron chi connectivity index (χ0n) is 12.0. The maximum absolute atomic E-state index is 8.75. The molecular weight excluding hydrogens is 284 g/mol. The Labute approximate surface area is 128 Å². The van der Waals surface area contributed by atoms with Gasteiger partial charge in [-0.2, -0.15) is 0 Å². The first-order chi connectivity index (χ1) is 10.2. The Morgan fingerprint density at radius 1 is 1.29 bits per heavy atom. The van der Waals surface area contributed by atoms with E-state index in [2.05, 4.69) is 21.8 Å². The van der Waals surface area contributed by atoms with Crippen LogP contribution in [0.25, 0.3) is 0 Å². The van der Waals surface area contributed by atoms with Gasteiger partial charge < -0.3 is 9.84 Å². The van der Waals surface area contributed by atoms with Crippen molar-refractivity contribution in [2.45, 2.75) is 17.8 Å². The molecular formula is C16H16N2O2S. The Hall–Kier alpha value is -2.03. The molecule has 0 amide bonds. The third-order valence-electron chi connectivity index (χ3n) is 2.71. The molecule has 0 spiro atoms. The van der Waals surface area contributed by atoms with Crippen LogP contribution in [0.1, 0.15) is 16.7 Å². The van der Waals surface area contributed by atoms with E-state index < -0.39 is 0 Å². The van der Waals surface area contributed by atoms with Gasteiger partial charge in [-0.15, -0.1) is 0 Å². The van der Waals surface area contributed by atoms with Crippen molar-refractivity contribution in [1.29, 1.82) is 0 Å². The third-order valence-corrected chi connectivity index (χ3v) is 3.63. The van der Waals surface area contributed by atoms with Crippen molar-refractivity contribution in [2.75, 3.05) is 13.7 Å². The number of aromatic nitrogens is 2. The van der Waals surface area contributed by atoms with Crippen LogP contribution in [0.3, 0.4) is 0 Å². The number of benzene rings is 1. The second kappa shape index (κ2) is 7.67. The van der Waals surface area contributed by atoms with Crippen LogP contribution >= 0.6 is 11.8 Å². The van der Waals surface area contributed by atoms with Crippen molar-refractivity contribution >= 4 is 11.8 Å². The van der Waals surface area contributed by atoms with Gasteiger partial charge in [0.05, 0.1) is 7.11 Å². The summed E-state index contributed by atoms with van der Waals surface area (Å²) in [4.78, 5) is 8.54. The Kier molecular flexibility index (Phi) is 5.61. The minimum Gasteiger partial charge on any atom is -0.496 e. The standard InChI is InChI=1S/C16H16N2O2S/c1-12-9-17-16(18-10-12)21-11-14-8-13(4-3-7-19)5-6-15(14)20-2/h5-6,8-10,19H,7,11H2,1-2H3. The van der Waals surface area contributed by atoms with E-state index in [1.54, 1.807) is 31.3 Å². The number of aryl methyl sites for hydroxylation is 1. The van der Waals surface area contributed by atoms with Crippen molar-refractivity contribution < 1.29 is 9.84 Å². The van der Waals surface area contributed by atoms with E-state index in [1.807, 2.05) is 25.1 Å². The molecule has 0 aliphatic carbocycles. The fourth-order valence-corrected chi connectivity index (χ4v) is 2.47. The predicted molar refractivity (Wildman–Crippen MR) is 83.3 cm³/mol. The van der Waals surface area contributed by atoms with Gasteiger partial charge in [0.25, 0.3) is 0 Å². The van der Waals surface area contributed by atoms with E-state index in [1.165, 1.54) is 0 Å². The molecule has 21 heavy (non-hydrogen) atoms. The molecule has 2 rings (SSSR count). The maximum Gasteiger partial charge on any atom is 0.187 e. The smallest absolute Gasteiger partial charge is 0.187 e. The molecule has 4 nitrogen and oxygen atoms in total. The number of aliphatic hydroxyl groups excluding tert-OH is 1. The van der Waals surface area contributed by atoms with E-state index in [9.17, 15) is 0 Å². The fourth-order valence-electron chi connectivity index (χ4n) is 1.71. The molecule has 0 saturated carbocycles. The lowest BCUT2D eigenvalue weighted by molar-refractivity contribution is 0.350. The number of rotatable bonds is 4. The number of nitrogens with zero attached hydrogens (tertiary/aromatic N) is 2. The van der Waals surface area contributed by atoms with Gasteiger partial charge >= 0.3 is 0 Å². The summed E-state index contributed by atoms with van der Waals surface area (Å²) in [6.07, 6.45) is 3.60. The van der Waals surface area contributed by atoms with Crippen LogP contribution in [-0.4, -0.2) is 28.8 Å². The number of hydrogen-bond acceptors (Lipinski definition) is 5. The first-order valence-corrected chi connectivity index (χ1v) is 7.39. The Bertz CT molecular complexity index is 660. The summed E-state index contributed by atoms with van der Waals surface area (Å²) in [6.45, 7) is 1.81. The summed E-state index contributed by atoms with van der Waals surface area (Å²) in [6, 6.07) is 5.72. The number of aliphatic hydroxyl groups is 1. The lowest BCUT2D eigenvalue weighted by atomic mass is 10.1. The highest BCUT2D eigenvalue weighted by atomic mass is 32.2. The summed E-state index contributed by atoms with van der Waals surface area (Å²) in [7, 11) is 1.64. The monoisotopic (exact) mass is 300 g/mol. The molecule has 0 unspecified atom stereocenters. The van der Waals surface area contributed by atoms with Crippen molar-refractivity contribution in [2.24, 2.45) is 0 Å². The predicted octanol–water partition coefficient (Wildman–Crippen LogP) is 2.43. The molecule has 5 heteroatoms. The van der Waals surface area contributed by atoms with E-state index in [0.717, 1.165) is 27.6 Å². The Balaban J connectivity index is 2.15. The highest BCUT2D eigenvalue weighted by molar-refractivity contribution is 7.98. The van der Waals surface area contributed by atoms with E-state index >= 15 is 0 Å². The van der Waals surface area contributed by atoms with Gasteiger partial charge in [0.1, 0.15) is 12.4 Å². The van der Waals surface area contributed by atoms with Crippen LogP contribution in [0.2, 0.25) is 0 Å². The quantitative estimate of drug-likeness (QED) is 0.534. The van der Waals surface area contributed by atoms with Crippen molar-refractivity contribution in [1.82, 2.24) is 9.97 Å². The van der Waals surface area contributed by atoms with Gasteiger partial charge in [-0.3, -0.25) is 0 Å². The van der Waals surface area contributed by atoms with Crippen LogP contribution < -0.4 is 4.74 Å². The minimum atomic E-state index is -0.146. The molecule has 0 aliphatic heterocycles. The third kappa shape index (κ3) is 4.48. The number of ether oxygens (including phenoxy) is 1. The van der Waals surface area contributed by atoms with Crippen LogP contribution in [0, 0.1) is 18.8 Å². The first-order valence-electron chi connectivity index (χ1n) is 6.41. The molecule has 1 aromatic heterocycles. The molecule has 0 saturated heterocycles. The van der Waals surface area contributed by atoms with E-state index in [4.69, 9.17) is 9.84 Å². The topological polar surface area (TPSA) is 55.2 Å². The molecule has 1 heterocycles. The van der Waals surface area contributed by atoms with Crippen LogP contribution in [0.4, 0.5) is 0 Å². The highest BCUT2D eigenvalue weighted by Gasteiger charge is 2.06. The molecule has 0 fully saturated rings. The highest BCUT2D eigenvalue weighted by Crippen LogP contribution is 2.26. The largest absolute Gasteiger partial charge is 0.496 e. The second-order valence-electron chi connectivity index (χ2n) is 4.32. The zero-order chi connectivity index (χ0) is 15.1. The number of hydrogen-bond donors (Lipinski definition) is 1. The minimum absolute atomic E-state index is 0.146. The SMILES string of the molecule is COc1ccc(C#CCO)cc1CSc1ncc(C)cn1. The first kappa shape index (κ1) is 15.4. The van der Waals surface area contributed by atoms with Crippen molar-refractivity contribution in [3.8, 4) is 17.6 Å². The Morgan fingerprint density at radius 3 is 2.71 bits per heavy atom. The molecule has 2 aromatic rings. The molecule has 108 valence electrons. The molecule has 1 N–H and O–H groups in total. The molecule has 0 radical (unpaired) electrons. The van der Waals surface area contributed by atoms with Crippen LogP contribution in [0.5, 0.6) is 5.75 Å². The lowest BCUT2D eigenvalue weighted by Gasteiger charge is -2.08. The van der Waals surface area contributed by atoms with Crippen molar-refractivity contribution in [3.05, 3.63) is 47.3 Å². The van der Waals surface area contributed by atoms with Gasteiger partial charge in [-0.25, -0.2) is 9.97 Å². The molecule has 1 aromatic carbocycles. The fraction of sp³-hybridized carbons (Fsp3) is 0.250. The number of methoxy groups -OCH3 is 1. The zero-order valence-corrected chi connectivity index (χ0v) is 12.8. The normalized spacial score (nSPS) is 9.86. The summed E-state index contributed by atoms with van der Waals surface area (Å²) in [5, 5.41) is 9.48. The molecule has 0 atom stereocenters. The van der Waals surface area contributed by atoms with E-state index in [0.29, 0.717) is 5.75 Å². The molecule has 0 bridgehead atoms. The van der Waals surface area contributed by atoms with Crippen LogP contribution in [-0.2, 0) is 5.75 Å². The van der Waals surface area contributed by atoms with Gasteiger partial charge in [0.15, 0.2) is 5.16 Å². The second-order valence-corrected chi connectivity index (χ2v) is 5.26. The summed E-state index contributed by atoms with van der Waals surface area (Å²) >= 11 is 1.54. The van der Waals surface area contributed by atoms with E-state index in [-0.39, 0.29) is 6.61 Å². The molecule has 0 aliphatic rings. The summed E-state index contributed by atoms with van der Waals surface area (Å²) in [5.41, 5.74) is 2.92. The van der Waals surface area contributed by atoms with Gasteiger partial charge in [0.2, 0.25) is 0 Å². The summed E-state index contributed by atoms with van der Waals surface area (Å²) < 4.78 is 5.36. The Morgan fingerprint density at radius 2 is 2.05 bits per heavy atom. The summed E-state index contributed by atoms with van der Waals surface area (Å²) in [5.74, 6) is 7.04. The lowest BCUT2D eigenvalue weighted by Crippen LogP contribution is -1.93. The average Bonchev–Trinajstić information content (AvgIpc) is 2.52. The van der Waals surface area contributed by atoms with Gasteiger partial charge in [0, 0.05) is 29.3 Å². The van der Waals surface area contributed by atoms with Gasteiger partial charge in [-0.1, -0.05) is 23.6 Å². The average molecular weight is 300 g/mol. The number of thioether (sulfide) groups is 1. The maximum atomic E-state index is 8.75.